The standard InChI is InChI=1S/C50H60Cl2N14O6S2/c1-47(2)25-33(26-48(3,4)65-47)55-43-59-41(61-45(63-43)57-37-15-11-9-13-35(37)51)53-31-21-19-29(39(23-31)73(67,68)69)17-18-30-20-22-32(24-40(30)74(70,71)72)54-42-60-44(56-34-27-49(5,6)66-50(7,8)28-34)64-46(62-42)58-38-16-12-10-14-36(38)52/h9-24,33-34,65-66H,25-28H2,1-8H3,(H,67,68,69)(H,70,71,72)(H3,53,55,57,59,61,63)(H3,54,56,58,60,62,64)/b18-17+. The predicted molar refractivity (Wildman–Crippen MR) is 293 cm³/mol. The Morgan fingerprint density at radius 3 is 1.12 bits per heavy atom. The van der Waals surface area contributed by atoms with Crippen LogP contribution in [0.2, 0.25) is 10.0 Å². The highest BCUT2D eigenvalue weighted by Crippen LogP contribution is 2.34. The first kappa shape index (κ1) is 54.0. The summed E-state index contributed by atoms with van der Waals surface area (Å²) >= 11 is 12.9. The van der Waals surface area contributed by atoms with E-state index in [1.807, 2.05) is 0 Å². The second-order valence-electron chi connectivity index (χ2n) is 21.1. The molecule has 0 atom stereocenters. The van der Waals surface area contributed by atoms with Crippen LogP contribution in [0.4, 0.5) is 58.4 Å². The molecule has 2 saturated heterocycles. The van der Waals surface area contributed by atoms with Crippen LogP contribution in [0.3, 0.4) is 0 Å². The SMILES string of the molecule is CC1(C)CC(Nc2nc(Nc3ccc(/C=C/c4ccc(Nc5nc(Nc6ccccc6Cl)nc(NC6CC(C)(C)NC(C)(C)C6)n5)cc4S(=O)(=O)O)c(S(=O)(=O)O)c3)nc(Nc3ccccc3Cl)n2)CC(C)(C)N1. The second-order valence-corrected chi connectivity index (χ2v) is 24.7. The van der Waals surface area contributed by atoms with Gasteiger partial charge in [-0.3, -0.25) is 9.11 Å². The highest BCUT2D eigenvalue weighted by molar-refractivity contribution is 7.86. The molecule has 4 heterocycles. The lowest BCUT2D eigenvalue weighted by Gasteiger charge is -2.46. The Labute approximate surface area is 441 Å². The van der Waals surface area contributed by atoms with Crippen molar-refractivity contribution in [2.45, 2.75) is 125 Å². The molecule has 24 heteroatoms. The van der Waals surface area contributed by atoms with Gasteiger partial charge in [-0.2, -0.15) is 46.7 Å². The lowest BCUT2D eigenvalue weighted by atomic mass is 9.79. The van der Waals surface area contributed by atoms with Crippen molar-refractivity contribution in [3.63, 3.8) is 0 Å². The summed E-state index contributed by atoms with van der Waals surface area (Å²) in [7, 11) is -9.79. The summed E-state index contributed by atoms with van der Waals surface area (Å²) in [5.74, 6) is 0.838. The number of hydrogen-bond donors (Lipinski definition) is 10. The normalized spacial score (nSPS) is 17.6. The molecule has 0 saturated carbocycles. The molecule has 2 aromatic heterocycles. The predicted octanol–water partition coefficient (Wildman–Crippen LogP) is 10.4. The van der Waals surface area contributed by atoms with Gasteiger partial charge in [-0.1, -0.05) is 71.8 Å². The van der Waals surface area contributed by atoms with Gasteiger partial charge in [0.05, 0.1) is 21.4 Å². The minimum atomic E-state index is -4.89. The van der Waals surface area contributed by atoms with Crippen molar-refractivity contribution in [2.24, 2.45) is 0 Å². The molecule has 2 fully saturated rings. The van der Waals surface area contributed by atoms with Crippen molar-refractivity contribution in [3.05, 3.63) is 106 Å². The van der Waals surface area contributed by atoms with Crippen molar-refractivity contribution in [3.8, 4) is 0 Å². The average molecular weight is 1090 g/mol. The van der Waals surface area contributed by atoms with Crippen molar-refractivity contribution in [1.29, 1.82) is 0 Å². The molecule has 0 spiro atoms. The Balaban J connectivity index is 1.07. The van der Waals surface area contributed by atoms with E-state index in [2.05, 4.69) is 128 Å². The number of nitrogens with one attached hydrogen (secondary N) is 8. The van der Waals surface area contributed by atoms with E-state index in [-0.39, 0.29) is 92.4 Å². The minimum absolute atomic E-state index is 0.0129. The summed E-state index contributed by atoms with van der Waals surface area (Å²) in [6.07, 6.45) is 5.64. The van der Waals surface area contributed by atoms with Gasteiger partial charge in [-0.15, -0.1) is 0 Å². The van der Waals surface area contributed by atoms with Crippen LogP contribution in [0.15, 0.2) is 94.7 Å². The van der Waals surface area contributed by atoms with E-state index in [1.165, 1.54) is 48.6 Å². The lowest BCUT2D eigenvalue weighted by Crippen LogP contribution is -2.60. The topological polar surface area (TPSA) is 282 Å². The van der Waals surface area contributed by atoms with Gasteiger partial charge in [0.15, 0.2) is 0 Å². The largest absolute Gasteiger partial charge is 0.351 e. The fourth-order valence-corrected chi connectivity index (χ4v) is 11.9. The number of para-hydroxylation sites is 2. The fraction of sp³-hybridized carbons (Fsp3) is 0.360. The van der Waals surface area contributed by atoms with Gasteiger partial charge in [-0.25, -0.2) is 0 Å². The van der Waals surface area contributed by atoms with Gasteiger partial charge in [0.1, 0.15) is 9.79 Å². The molecule has 0 unspecified atom stereocenters. The quantitative estimate of drug-likeness (QED) is 0.0318. The third-order valence-electron chi connectivity index (χ3n) is 12.1. The Bertz CT molecular complexity index is 3090. The number of halogens is 2. The van der Waals surface area contributed by atoms with Crippen LogP contribution in [-0.4, -0.2) is 90.1 Å². The monoisotopic (exact) mass is 1090 g/mol. The number of rotatable bonds is 16. The van der Waals surface area contributed by atoms with E-state index < -0.39 is 30.0 Å². The van der Waals surface area contributed by atoms with Gasteiger partial charge < -0.3 is 42.5 Å². The van der Waals surface area contributed by atoms with Crippen LogP contribution in [0.5, 0.6) is 0 Å². The maximum atomic E-state index is 13.0. The molecule has 8 rings (SSSR count). The number of piperidine rings is 2. The summed E-state index contributed by atoms with van der Waals surface area (Å²) in [6.45, 7) is 17.0. The van der Waals surface area contributed by atoms with Gasteiger partial charge in [0.25, 0.3) is 20.2 Å². The van der Waals surface area contributed by atoms with Crippen molar-refractivity contribution >= 4 is 114 Å². The number of nitrogens with zero attached hydrogens (tertiary/aromatic N) is 6. The second kappa shape index (κ2) is 20.8. The van der Waals surface area contributed by atoms with Crippen molar-refractivity contribution < 1.29 is 25.9 Å². The van der Waals surface area contributed by atoms with Crippen molar-refractivity contribution in [2.75, 3.05) is 31.9 Å². The third-order valence-corrected chi connectivity index (χ3v) is 14.6. The zero-order chi connectivity index (χ0) is 53.4. The van der Waals surface area contributed by atoms with Crippen LogP contribution in [0, 0.1) is 0 Å². The molecular weight excluding hydrogens is 1030 g/mol. The Morgan fingerprint density at radius 1 is 0.486 bits per heavy atom. The first-order chi connectivity index (χ1) is 34.5. The van der Waals surface area contributed by atoms with Crippen LogP contribution >= 0.6 is 23.2 Å². The highest BCUT2D eigenvalue weighted by Gasteiger charge is 2.39. The first-order valence-electron chi connectivity index (χ1n) is 23.7. The lowest BCUT2D eigenvalue weighted by molar-refractivity contribution is 0.170. The molecule has 0 bridgehead atoms. The first-order valence-corrected chi connectivity index (χ1v) is 27.3. The van der Waals surface area contributed by atoms with E-state index in [0.717, 1.165) is 25.7 Å². The van der Waals surface area contributed by atoms with E-state index in [4.69, 9.17) is 23.2 Å². The molecule has 2 aliphatic heterocycles. The molecule has 0 radical (unpaired) electrons. The zero-order valence-electron chi connectivity index (χ0n) is 42.0. The van der Waals surface area contributed by atoms with Gasteiger partial charge in [-0.05, 0) is 141 Å². The van der Waals surface area contributed by atoms with Crippen LogP contribution < -0.4 is 42.5 Å². The van der Waals surface area contributed by atoms with Crippen LogP contribution in [0.1, 0.15) is 92.2 Å². The van der Waals surface area contributed by atoms with Gasteiger partial charge in [0.2, 0.25) is 35.7 Å². The smallest absolute Gasteiger partial charge is 0.295 e. The summed E-state index contributed by atoms with van der Waals surface area (Å²) in [5, 5.41) is 27.4. The Morgan fingerprint density at radius 2 is 0.797 bits per heavy atom. The molecule has 2 aliphatic rings. The molecule has 74 heavy (non-hydrogen) atoms. The minimum Gasteiger partial charge on any atom is -0.351 e. The number of aromatic nitrogens is 6. The maximum absolute atomic E-state index is 13.0. The number of hydrogen-bond acceptors (Lipinski definition) is 18. The fourth-order valence-electron chi connectivity index (χ4n) is 10.1. The zero-order valence-corrected chi connectivity index (χ0v) is 45.1. The van der Waals surface area contributed by atoms with Gasteiger partial charge >= 0.3 is 0 Å². The highest BCUT2D eigenvalue weighted by atomic mass is 35.5. The summed E-state index contributed by atoms with van der Waals surface area (Å²) in [5.41, 5.74) is 0.660. The molecular formula is C50H60Cl2N14O6S2. The van der Waals surface area contributed by atoms with Gasteiger partial charge in [0, 0.05) is 45.6 Å². The van der Waals surface area contributed by atoms with E-state index in [9.17, 15) is 25.9 Å². The van der Waals surface area contributed by atoms with E-state index >= 15 is 0 Å². The maximum Gasteiger partial charge on any atom is 0.295 e. The molecule has 0 aliphatic carbocycles. The van der Waals surface area contributed by atoms with Crippen molar-refractivity contribution in [1.82, 2.24) is 40.5 Å². The summed E-state index contributed by atoms with van der Waals surface area (Å²) in [6, 6.07) is 22.3. The summed E-state index contributed by atoms with van der Waals surface area (Å²) in [4.78, 5) is 26.6. The molecule has 20 nitrogen and oxygen atoms in total. The molecule has 6 aromatic rings. The summed E-state index contributed by atoms with van der Waals surface area (Å²) < 4.78 is 72.8. The third kappa shape index (κ3) is 14.3. The molecule has 4 aromatic carbocycles. The van der Waals surface area contributed by atoms with Crippen LogP contribution in [0.25, 0.3) is 12.2 Å². The Hall–Kier alpha value is -6.24. The Kier molecular flexibility index (Phi) is 15.2. The molecule has 392 valence electrons. The number of benzene rings is 4. The molecule has 0 amide bonds. The van der Waals surface area contributed by atoms with Crippen LogP contribution in [-0.2, 0) is 20.2 Å². The number of anilines is 10. The molecule has 10 N–H and O–H groups in total. The van der Waals surface area contributed by atoms with E-state index in [0.29, 0.717) is 21.4 Å². The average Bonchev–Trinajstić information content (AvgIpc) is 3.25. The van der Waals surface area contributed by atoms with E-state index in [1.54, 1.807) is 48.5 Å².